The number of carbonyl (C=O) groups is 2. The number of hydrogen-bond donors (Lipinski definition) is 2. The van der Waals surface area contributed by atoms with Gasteiger partial charge in [-0.05, 0) is 27.7 Å². The Morgan fingerprint density at radius 3 is 2.32 bits per heavy atom. The molecule has 5 nitrogen and oxygen atoms in total. The van der Waals surface area contributed by atoms with Crippen molar-refractivity contribution in [1.82, 2.24) is 5.32 Å². The second kappa shape index (κ2) is 5.21. The van der Waals surface area contributed by atoms with E-state index < -0.39 is 16.9 Å². The van der Waals surface area contributed by atoms with E-state index in [0.717, 1.165) is 0 Å². The summed E-state index contributed by atoms with van der Waals surface area (Å²) in [6.45, 7) is 6.57. The number of amides is 1. The monoisotopic (exact) mass is 285 g/mol. The van der Waals surface area contributed by atoms with Crippen LogP contribution in [-0.4, -0.2) is 29.6 Å². The van der Waals surface area contributed by atoms with E-state index in [9.17, 15) is 14.7 Å². The number of carboxylic acid groups (broad SMARTS) is 1. The lowest BCUT2D eigenvalue weighted by atomic mass is 9.74. The quantitative estimate of drug-likeness (QED) is 0.871. The Hall–Kier alpha value is -1.56. The van der Waals surface area contributed by atoms with Crippen molar-refractivity contribution in [3.63, 3.8) is 0 Å². The van der Waals surface area contributed by atoms with E-state index in [1.807, 2.05) is 0 Å². The number of carbonyl (C=O) groups excluding carboxylic acids is 1. The van der Waals surface area contributed by atoms with E-state index in [-0.39, 0.29) is 5.91 Å². The van der Waals surface area contributed by atoms with Crippen LogP contribution in [0.4, 0.5) is 0 Å². The first kappa shape index (κ1) is 15.5. The van der Waals surface area contributed by atoms with Gasteiger partial charge in [-0.3, -0.25) is 9.59 Å². The minimum Gasteiger partial charge on any atom is -0.496 e. The number of ether oxygens (including phenoxy) is 1. The zero-order valence-corrected chi connectivity index (χ0v) is 12.6. The van der Waals surface area contributed by atoms with Crippen LogP contribution in [-0.2, 0) is 4.79 Å². The van der Waals surface area contributed by atoms with Crippen molar-refractivity contribution in [3.8, 4) is 5.75 Å². The highest BCUT2D eigenvalue weighted by molar-refractivity contribution is 7.12. The Balaban J connectivity index is 2.89. The predicted molar refractivity (Wildman–Crippen MR) is 73.8 cm³/mol. The molecule has 1 amide bonds. The van der Waals surface area contributed by atoms with E-state index in [1.54, 1.807) is 39.1 Å². The molecule has 0 aromatic carbocycles. The molecule has 0 bridgehead atoms. The van der Waals surface area contributed by atoms with Gasteiger partial charge in [0.15, 0.2) is 0 Å². The minimum absolute atomic E-state index is 0.298. The van der Waals surface area contributed by atoms with Crippen molar-refractivity contribution in [2.45, 2.75) is 33.2 Å². The van der Waals surface area contributed by atoms with Gasteiger partial charge in [0.2, 0.25) is 0 Å². The predicted octanol–water partition coefficient (Wildman–Crippen LogP) is 2.38. The van der Waals surface area contributed by atoms with E-state index >= 15 is 0 Å². The molecule has 0 aliphatic rings. The molecule has 1 rings (SSSR count). The molecular formula is C13H19NO4S. The molecule has 0 fully saturated rings. The smallest absolute Gasteiger partial charge is 0.311 e. The highest BCUT2D eigenvalue weighted by Crippen LogP contribution is 2.31. The summed E-state index contributed by atoms with van der Waals surface area (Å²) in [5.74, 6) is -0.639. The van der Waals surface area contributed by atoms with Gasteiger partial charge in [-0.1, -0.05) is 0 Å². The fraction of sp³-hybridized carbons (Fsp3) is 0.538. The molecule has 0 radical (unpaired) electrons. The molecular weight excluding hydrogens is 266 g/mol. The van der Waals surface area contributed by atoms with Crippen LogP contribution in [0.5, 0.6) is 5.75 Å². The van der Waals surface area contributed by atoms with Crippen LogP contribution in [0.1, 0.15) is 37.4 Å². The van der Waals surface area contributed by atoms with Crippen LogP contribution in [0.3, 0.4) is 0 Å². The first-order chi connectivity index (χ1) is 8.61. The minimum atomic E-state index is -1.08. The Bertz CT molecular complexity index is 491. The molecule has 0 aliphatic carbocycles. The third-order valence-corrected chi connectivity index (χ3v) is 4.47. The molecule has 2 N–H and O–H groups in total. The van der Waals surface area contributed by atoms with Gasteiger partial charge in [-0.25, -0.2) is 0 Å². The molecule has 1 aromatic rings. The fourth-order valence-electron chi connectivity index (χ4n) is 1.31. The summed E-state index contributed by atoms with van der Waals surface area (Å²) in [5.41, 5.74) is -1.96. The molecule has 1 heterocycles. The van der Waals surface area contributed by atoms with Crippen LogP contribution in [0.25, 0.3) is 0 Å². The maximum absolute atomic E-state index is 12.1. The average molecular weight is 285 g/mol. The Kier molecular flexibility index (Phi) is 4.25. The summed E-state index contributed by atoms with van der Waals surface area (Å²) in [5, 5.41) is 13.7. The molecule has 0 spiro atoms. The summed E-state index contributed by atoms with van der Waals surface area (Å²) < 4.78 is 5.02. The molecule has 106 valence electrons. The topological polar surface area (TPSA) is 75.6 Å². The van der Waals surface area contributed by atoms with Crippen LogP contribution in [0.15, 0.2) is 11.4 Å². The van der Waals surface area contributed by atoms with Gasteiger partial charge in [0, 0.05) is 11.4 Å². The van der Waals surface area contributed by atoms with Crippen molar-refractivity contribution in [3.05, 3.63) is 16.3 Å². The van der Waals surface area contributed by atoms with Gasteiger partial charge >= 0.3 is 5.97 Å². The zero-order valence-electron chi connectivity index (χ0n) is 11.7. The highest BCUT2D eigenvalue weighted by atomic mass is 32.1. The molecule has 0 unspecified atom stereocenters. The highest BCUT2D eigenvalue weighted by Gasteiger charge is 2.44. The zero-order chi connectivity index (χ0) is 14.8. The van der Waals surface area contributed by atoms with Crippen molar-refractivity contribution >= 4 is 23.2 Å². The lowest BCUT2D eigenvalue weighted by Crippen LogP contribution is -2.56. The van der Waals surface area contributed by atoms with Crippen molar-refractivity contribution in [1.29, 1.82) is 0 Å². The van der Waals surface area contributed by atoms with Gasteiger partial charge in [0.05, 0.1) is 22.9 Å². The van der Waals surface area contributed by atoms with E-state index in [1.165, 1.54) is 18.4 Å². The number of hydrogen-bond acceptors (Lipinski definition) is 4. The summed E-state index contributed by atoms with van der Waals surface area (Å²) in [6, 6.07) is 1.63. The van der Waals surface area contributed by atoms with Gasteiger partial charge in [-0.2, -0.15) is 0 Å². The van der Waals surface area contributed by atoms with E-state index in [2.05, 4.69) is 5.32 Å². The second-order valence-electron chi connectivity index (χ2n) is 5.36. The number of rotatable bonds is 5. The average Bonchev–Trinajstić information content (AvgIpc) is 2.76. The first-order valence-electron chi connectivity index (χ1n) is 5.80. The summed E-state index contributed by atoms with van der Waals surface area (Å²) in [6.07, 6.45) is 0. The van der Waals surface area contributed by atoms with Crippen molar-refractivity contribution in [2.75, 3.05) is 7.11 Å². The van der Waals surface area contributed by atoms with Gasteiger partial charge in [-0.15, -0.1) is 11.3 Å². The van der Waals surface area contributed by atoms with Crippen LogP contribution >= 0.6 is 11.3 Å². The maximum Gasteiger partial charge on any atom is 0.311 e. The van der Waals surface area contributed by atoms with Crippen LogP contribution in [0, 0.1) is 5.41 Å². The van der Waals surface area contributed by atoms with Crippen LogP contribution in [0.2, 0.25) is 0 Å². The lowest BCUT2D eigenvalue weighted by molar-refractivity contribution is -0.150. The molecule has 0 aliphatic heterocycles. The third kappa shape index (κ3) is 3.07. The van der Waals surface area contributed by atoms with E-state index in [0.29, 0.717) is 10.6 Å². The molecule has 6 heteroatoms. The second-order valence-corrected chi connectivity index (χ2v) is 6.27. The Morgan fingerprint density at radius 2 is 1.89 bits per heavy atom. The van der Waals surface area contributed by atoms with Gasteiger partial charge in [0.1, 0.15) is 5.75 Å². The largest absolute Gasteiger partial charge is 0.496 e. The first-order valence-corrected chi connectivity index (χ1v) is 6.68. The third-order valence-electron chi connectivity index (χ3n) is 3.56. The number of aliphatic carboxylic acids is 1. The molecule has 1 aromatic heterocycles. The maximum atomic E-state index is 12.1. The van der Waals surface area contributed by atoms with Crippen LogP contribution < -0.4 is 10.1 Å². The molecule has 0 saturated carbocycles. The molecule has 19 heavy (non-hydrogen) atoms. The van der Waals surface area contributed by atoms with Gasteiger partial charge in [0.25, 0.3) is 5.91 Å². The van der Waals surface area contributed by atoms with Crippen molar-refractivity contribution in [2.24, 2.45) is 5.41 Å². The van der Waals surface area contributed by atoms with Gasteiger partial charge < -0.3 is 15.2 Å². The van der Waals surface area contributed by atoms with E-state index in [4.69, 9.17) is 4.74 Å². The normalized spacial score (nSPS) is 12.1. The fourth-order valence-corrected chi connectivity index (χ4v) is 2.06. The Labute approximate surface area is 116 Å². The molecule has 0 atom stereocenters. The summed E-state index contributed by atoms with van der Waals surface area (Å²) >= 11 is 1.26. The number of methoxy groups -OCH3 is 1. The SMILES string of the molecule is COc1csc(C(=O)NC(C)(C)C(C)(C)C(=O)O)c1. The number of thiophene rings is 1. The molecule has 0 saturated heterocycles. The summed E-state index contributed by atoms with van der Waals surface area (Å²) in [4.78, 5) is 23.9. The Morgan fingerprint density at radius 1 is 1.32 bits per heavy atom. The van der Waals surface area contributed by atoms with Crippen molar-refractivity contribution < 1.29 is 19.4 Å². The standard InChI is InChI=1S/C13H19NO4S/c1-12(2,11(16)17)13(3,4)14-10(15)9-6-8(18-5)7-19-9/h6-7H,1-5H3,(H,14,15)(H,16,17). The number of carboxylic acids is 1. The summed E-state index contributed by atoms with van der Waals surface area (Å²) in [7, 11) is 1.53. The number of nitrogens with one attached hydrogen (secondary N) is 1. The lowest BCUT2D eigenvalue weighted by Gasteiger charge is -2.38.